The van der Waals surface area contributed by atoms with Crippen LogP contribution >= 0.6 is 0 Å². The minimum absolute atomic E-state index is 0.0731. The molecule has 21 heavy (non-hydrogen) atoms. The van der Waals surface area contributed by atoms with E-state index >= 15 is 0 Å². The molecule has 0 atom stereocenters. The SMILES string of the molecule is CC(C)(C)NC(=O)c1cnn2ccc(N3CCCC3)cc12. The van der Waals surface area contributed by atoms with Crippen molar-refractivity contribution in [2.45, 2.75) is 39.2 Å². The van der Waals surface area contributed by atoms with Crippen molar-refractivity contribution in [3.63, 3.8) is 0 Å². The fourth-order valence-electron chi connectivity index (χ4n) is 2.72. The molecule has 1 saturated heterocycles. The molecule has 5 nitrogen and oxygen atoms in total. The summed E-state index contributed by atoms with van der Waals surface area (Å²) in [6, 6.07) is 4.13. The smallest absolute Gasteiger partial charge is 0.255 e. The van der Waals surface area contributed by atoms with Crippen LogP contribution in [0.15, 0.2) is 24.5 Å². The predicted octanol–water partition coefficient (Wildman–Crippen LogP) is 2.46. The number of anilines is 1. The van der Waals surface area contributed by atoms with Gasteiger partial charge < -0.3 is 10.2 Å². The van der Waals surface area contributed by atoms with E-state index in [9.17, 15) is 4.79 Å². The van der Waals surface area contributed by atoms with Crippen LogP contribution in [0.2, 0.25) is 0 Å². The zero-order valence-electron chi connectivity index (χ0n) is 12.9. The van der Waals surface area contributed by atoms with E-state index < -0.39 is 0 Å². The van der Waals surface area contributed by atoms with Gasteiger partial charge >= 0.3 is 0 Å². The molecule has 5 heteroatoms. The van der Waals surface area contributed by atoms with E-state index in [-0.39, 0.29) is 11.4 Å². The summed E-state index contributed by atoms with van der Waals surface area (Å²) in [4.78, 5) is 14.7. The van der Waals surface area contributed by atoms with Gasteiger partial charge in [-0.3, -0.25) is 4.79 Å². The maximum atomic E-state index is 12.4. The lowest BCUT2D eigenvalue weighted by atomic mass is 10.1. The Kier molecular flexibility index (Phi) is 3.35. The largest absolute Gasteiger partial charge is 0.371 e. The summed E-state index contributed by atoms with van der Waals surface area (Å²) >= 11 is 0. The van der Waals surface area contributed by atoms with E-state index in [1.807, 2.05) is 27.0 Å². The van der Waals surface area contributed by atoms with Gasteiger partial charge in [-0.2, -0.15) is 5.10 Å². The number of rotatable bonds is 2. The molecule has 2 aromatic rings. The van der Waals surface area contributed by atoms with E-state index in [1.165, 1.54) is 18.5 Å². The Morgan fingerprint density at radius 2 is 2.00 bits per heavy atom. The normalized spacial score (nSPS) is 15.7. The summed E-state index contributed by atoms with van der Waals surface area (Å²) in [5, 5.41) is 7.27. The molecule has 0 unspecified atom stereocenters. The number of nitrogens with one attached hydrogen (secondary N) is 1. The predicted molar refractivity (Wildman–Crippen MR) is 83.9 cm³/mol. The van der Waals surface area contributed by atoms with Crippen molar-refractivity contribution in [1.29, 1.82) is 0 Å². The molecule has 0 radical (unpaired) electrons. The number of pyridine rings is 1. The van der Waals surface area contributed by atoms with Gasteiger partial charge in [-0.1, -0.05) is 0 Å². The van der Waals surface area contributed by atoms with Crippen molar-refractivity contribution in [3.8, 4) is 0 Å². The Morgan fingerprint density at radius 1 is 1.29 bits per heavy atom. The summed E-state index contributed by atoms with van der Waals surface area (Å²) in [5.74, 6) is -0.0731. The zero-order valence-corrected chi connectivity index (χ0v) is 12.9. The first-order valence-corrected chi connectivity index (χ1v) is 7.49. The van der Waals surface area contributed by atoms with E-state index in [2.05, 4.69) is 27.4 Å². The molecule has 3 heterocycles. The second-order valence-electron chi connectivity index (χ2n) is 6.67. The molecule has 0 aromatic carbocycles. The third-order valence-electron chi connectivity index (χ3n) is 3.71. The van der Waals surface area contributed by atoms with E-state index in [0.29, 0.717) is 5.56 Å². The third-order valence-corrected chi connectivity index (χ3v) is 3.71. The molecule has 0 bridgehead atoms. The standard InChI is InChI=1S/C16H22N4O/c1-16(2,3)18-15(21)13-11-17-20-9-6-12(10-14(13)20)19-7-4-5-8-19/h6,9-11H,4-5,7-8H2,1-3H3,(H,18,21). The first-order chi connectivity index (χ1) is 9.94. The minimum atomic E-state index is -0.252. The highest BCUT2D eigenvalue weighted by molar-refractivity contribution is 6.01. The molecule has 0 spiro atoms. The van der Waals surface area contributed by atoms with Gasteiger partial charge in [-0.25, -0.2) is 4.52 Å². The van der Waals surface area contributed by atoms with Crippen LogP contribution < -0.4 is 10.2 Å². The second-order valence-corrected chi connectivity index (χ2v) is 6.67. The summed E-state index contributed by atoms with van der Waals surface area (Å²) in [5.41, 5.74) is 2.41. The highest BCUT2D eigenvalue weighted by atomic mass is 16.1. The molecule has 112 valence electrons. The van der Waals surface area contributed by atoms with Gasteiger partial charge in [0.1, 0.15) is 0 Å². The molecular weight excluding hydrogens is 264 g/mol. The number of hydrogen-bond donors (Lipinski definition) is 1. The molecule has 3 rings (SSSR count). The van der Waals surface area contributed by atoms with Crippen LogP contribution in [-0.4, -0.2) is 34.1 Å². The van der Waals surface area contributed by atoms with Crippen molar-refractivity contribution < 1.29 is 4.79 Å². The molecule has 2 aromatic heterocycles. The van der Waals surface area contributed by atoms with Crippen LogP contribution in [0.25, 0.3) is 5.52 Å². The maximum Gasteiger partial charge on any atom is 0.255 e. The molecule has 1 N–H and O–H groups in total. The Bertz CT molecular complexity index is 662. The van der Waals surface area contributed by atoms with Crippen molar-refractivity contribution in [1.82, 2.24) is 14.9 Å². The molecule has 0 saturated carbocycles. The number of fused-ring (bicyclic) bond motifs is 1. The fraction of sp³-hybridized carbons (Fsp3) is 0.500. The molecule has 1 aliphatic rings. The van der Waals surface area contributed by atoms with Crippen molar-refractivity contribution in [3.05, 3.63) is 30.1 Å². The van der Waals surface area contributed by atoms with Gasteiger partial charge in [0.05, 0.1) is 17.3 Å². The third kappa shape index (κ3) is 2.86. The topological polar surface area (TPSA) is 49.6 Å². The number of nitrogens with zero attached hydrogens (tertiary/aromatic N) is 3. The van der Waals surface area contributed by atoms with Crippen LogP contribution in [0.5, 0.6) is 0 Å². The Hall–Kier alpha value is -2.04. The lowest BCUT2D eigenvalue weighted by Gasteiger charge is -2.20. The van der Waals surface area contributed by atoms with Gasteiger partial charge in [0.2, 0.25) is 0 Å². The monoisotopic (exact) mass is 286 g/mol. The number of amides is 1. The maximum absolute atomic E-state index is 12.4. The number of carbonyl (C=O) groups is 1. The number of hydrogen-bond acceptors (Lipinski definition) is 3. The first-order valence-electron chi connectivity index (χ1n) is 7.49. The van der Waals surface area contributed by atoms with Gasteiger partial charge in [-0.15, -0.1) is 0 Å². The summed E-state index contributed by atoms with van der Waals surface area (Å²) in [6.45, 7) is 8.12. The van der Waals surface area contributed by atoms with Crippen molar-refractivity contribution >= 4 is 17.1 Å². The Morgan fingerprint density at radius 3 is 2.67 bits per heavy atom. The van der Waals surface area contributed by atoms with E-state index in [0.717, 1.165) is 18.6 Å². The number of aromatic nitrogens is 2. The van der Waals surface area contributed by atoms with Gasteiger partial charge in [0.25, 0.3) is 5.91 Å². The van der Waals surface area contributed by atoms with Crippen molar-refractivity contribution in [2.75, 3.05) is 18.0 Å². The van der Waals surface area contributed by atoms with Gasteiger partial charge in [-0.05, 0) is 45.7 Å². The van der Waals surface area contributed by atoms with E-state index in [1.54, 1.807) is 10.7 Å². The molecular formula is C16H22N4O. The second kappa shape index (κ2) is 5.06. The number of carbonyl (C=O) groups excluding carboxylic acids is 1. The average Bonchev–Trinajstić information content (AvgIpc) is 3.05. The van der Waals surface area contributed by atoms with Crippen LogP contribution in [0, 0.1) is 0 Å². The summed E-state index contributed by atoms with van der Waals surface area (Å²) in [6.07, 6.45) is 6.05. The highest BCUT2D eigenvalue weighted by Crippen LogP contribution is 2.23. The van der Waals surface area contributed by atoms with Crippen molar-refractivity contribution in [2.24, 2.45) is 0 Å². The zero-order chi connectivity index (χ0) is 15.0. The average molecular weight is 286 g/mol. The fourth-order valence-corrected chi connectivity index (χ4v) is 2.72. The quantitative estimate of drug-likeness (QED) is 0.922. The van der Waals surface area contributed by atoms with E-state index in [4.69, 9.17) is 0 Å². The van der Waals surface area contributed by atoms with Crippen LogP contribution in [0.3, 0.4) is 0 Å². The Balaban J connectivity index is 1.95. The molecule has 0 aliphatic carbocycles. The molecule has 1 amide bonds. The Labute approximate surface area is 124 Å². The summed E-state index contributed by atoms with van der Waals surface area (Å²) < 4.78 is 1.76. The van der Waals surface area contributed by atoms with Gasteiger partial charge in [0.15, 0.2) is 0 Å². The minimum Gasteiger partial charge on any atom is -0.371 e. The molecule has 1 aliphatic heterocycles. The first kappa shape index (κ1) is 13.9. The lowest BCUT2D eigenvalue weighted by molar-refractivity contribution is 0.0921. The van der Waals surface area contributed by atoms with Crippen LogP contribution in [0.4, 0.5) is 5.69 Å². The highest BCUT2D eigenvalue weighted by Gasteiger charge is 2.20. The lowest BCUT2D eigenvalue weighted by Crippen LogP contribution is -2.40. The molecule has 1 fully saturated rings. The van der Waals surface area contributed by atoms with Crippen LogP contribution in [0.1, 0.15) is 44.0 Å². The van der Waals surface area contributed by atoms with Gasteiger partial charge in [0, 0.05) is 30.5 Å². The van der Waals surface area contributed by atoms with Crippen LogP contribution in [-0.2, 0) is 0 Å². The summed E-state index contributed by atoms with van der Waals surface area (Å²) in [7, 11) is 0.